The molecule has 62 heavy (non-hydrogen) atoms. The van der Waals surface area contributed by atoms with Crippen LogP contribution in [0.2, 0.25) is 0 Å². The van der Waals surface area contributed by atoms with Gasteiger partial charge in [0, 0.05) is 70.2 Å². The molecule has 0 bridgehead atoms. The molecule has 4 saturated heterocycles. The van der Waals surface area contributed by atoms with Crippen LogP contribution in [0.4, 0.5) is 23.1 Å². The van der Waals surface area contributed by atoms with Crippen molar-refractivity contribution in [3.8, 4) is 0 Å². The quantitative estimate of drug-likeness (QED) is 0.198. The number of nitrogens with two attached hydrogens (primary N) is 1. The molecule has 2 atom stereocenters. The van der Waals surface area contributed by atoms with Crippen LogP contribution >= 0.6 is 0 Å². The van der Waals surface area contributed by atoms with Crippen LogP contribution in [0.3, 0.4) is 0 Å². The van der Waals surface area contributed by atoms with Gasteiger partial charge in [-0.1, -0.05) is 12.1 Å². The number of fused-ring (bicyclic) bond motifs is 1. The average molecular weight is 850 g/mol. The Kier molecular flexibility index (Phi) is 12.0. The monoisotopic (exact) mass is 849 g/mol. The highest BCUT2D eigenvalue weighted by atomic mass is 16.5. The van der Waals surface area contributed by atoms with E-state index < -0.39 is 47.0 Å². The number of nitrogens with one attached hydrogen (secondary N) is 1. The van der Waals surface area contributed by atoms with Crippen molar-refractivity contribution in [2.24, 2.45) is 17.1 Å². The Hall–Kier alpha value is -6.01. The number of piperazine rings is 1. The van der Waals surface area contributed by atoms with Crippen molar-refractivity contribution < 1.29 is 33.5 Å². The predicted octanol–water partition coefficient (Wildman–Crippen LogP) is 2.48. The molecule has 0 aliphatic carbocycles. The number of anilines is 4. The maximum atomic E-state index is 13.8. The van der Waals surface area contributed by atoms with Crippen LogP contribution in [0.25, 0.3) is 0 Å². The van der Waals surface area contributed by atoms with Crippen molar-refractivity contribution in [3.05, 3.63) is 64.8 Å². The Bertz CT molecular complexity index is 2250. The van der Waals surface area contributed by atoms with Crippen LogP contribution in [0.5, 0.6) is 0 Å². The molecule has 5 aliphatic heterocycles. The summed E-state index contributed by atoms with van der Waals surface area (Å²) in [7, 11) is 3.32. The number of hydrogen-bond donors (Lipinski definition) is 2. The van der Waals surface area contributed by atoms with Gasteiger partial charge in [-0.3, -0.25) is 38.6 Å². The zero-order valence-electron chi connectivity index (χ0n) is 35.8. The van der Waals surface area contributed by atoms with Gasteiger partial charge in [-0.05, 0) is 107 Å². The van der Waals surface area contributed by atoms with Crippen LogP contribution < -0.4 is 20.9 Å². The van der Waals surface area contributed by atoms with Gasteiger partial charge in [0.05, 0.1) is 23.7 Å². The number of piperidine rings is 2. The summed E-state index contributed by atoms with van der Waals surface area (Å²) in [6.07, 6.45) is 3.07. The molecule has 0 saturated carbocycles. The molecular weight excluding hydrogens is 795 g/mol. The number of methoxy groups -OCH3 is 1. The molecule has 5 amide bonds. The Balaban J connectivity index is 0.835. The highest BCUT2D eigenvalue weighted by molar-refractivity contribution is 6.23. The number of nitrogens with zero attached hydrogens (tertiary/aromatic N) is 9. The zero-order chi connectivity index (χ0) is 43.9. The lowest BCUT2D eigenvalue weighted by Crippen LogP contribution is -2.58. The molecule has 3 N–H and O–H groups in total. The first-order valence-electron chi connectivity index (χ1n) is 21.5. The van der Waals surface area contributed by atoms with E-state index in [1.54, 1.807) is 26.0 Å². The Morgan fingerprint density at radius 2 is 1.56 bits per heavy atom. The topological polar surface area (TPSA) is 208 Å². The second kappa shape index (κ2) is 17.4. The molecule has 1 aromatic heterocycles. The van der Waals surface area contributed by atoms with Crippen molar-refractivity contribution in [2.45, 2.75) is 57.9 Å². The van der Waals surface area contributed by atoms with E-state index in [2.05, 4.69) is 59.3 Å². The minimum atomic E-state index is -1.16. The van der Waals surface area contributed by atoms with E-state index in [0.29, 0.717) is 23.6 Å². The van der Waals surface area contributed by atoms with Gasteiger partial charge in [-0.25, -0.2) is 0 Å². The molecule has 5 aliphatic rings. The number of benzene rings is 2. The number of rotatable bonds is 12. The van der Waals surface area contributed by atoms with Crippen LogP contribution in [0.1, 0.15) is 88.6 Å². The second-order valence-corrected chi connectivity index (χ2v) is 17.8. The number of aromatic nitrogens is 3. The van der Waals surface area contributed by atoms with Gasteiger partial charge in [0.15, 0.2) is 11.5 Å². The van der Waals surface area contributed by atoms with Gasteiger partial charge in [-0.2, -0.15) is 4.98 Å². The van der Waals surface area contributed by atoms with Crippen LogP contribution in [-0.2, 0) is 19.1 Å². The third-order valence-corrected chi connectivity index (χ3v) is 13.1. The molecule has 0 radical (unpaired) electrons. The summed E-state index contributed by atoms with van der Waals surface area (Å²) >= 11 is 0. The van der Waals surface area contributed by atoms with Crippen LogP contribution in [0.15, 0.2) is 42.5 Å². The van der Waals surface area contributed by atoms with E-state index in [0.717, 1.165) is 99.3 Å². The number of ether oxygens (including phenoxy) is 1. The number of likely N-dealkylation sites (tertiary alicyclic amines) is 2. The summed E-state index contributed by atoms with van der Waals surface area (Å²) in [6, 6.07) is 12.4. The number of primary amides is 1. The van der Waals surface area contributed by atoms with E-state index >= 15 is 0 Å². The van der Waals surface area contributed by atoms with Crippen LogP contribution in [0, 0.1) is 11.3 Å². The maximum Gasteiger partial charge on any atom is 0.313 e. The zero-order valence-corrected chi connectivity index (χ0v) is 35.8. The summed E-state index contributed by atoms with van der Waals surface area (Å²) in [4.78, 5) is 94.1. The average Bonchev–Trinajstić information content (AvgIpc) is 3.83. The highest BCUT2D eigenvalue weighted by Gasteiger charge is 2.49. The Morgan fingerprint density at radius 1 is 0.855 bits per heavy atom. The second-order valence-electron chi connectivity index (χ2n) is 17.8. The SMILES string of the molecule is COC(=O)C(C)(C)CN1C(=O)CCC(N2C(=O)c3ccc(N4CCC(CN5CCC(c6ccc(Nc7nc(N8CCN(C)CC8)nnc7C(N)=O)cc6)CC5)C4)cc3C2=O)C1=O. The number of amides is 5. The lowest BCUT2D eigenvalue weighted by atomic mass is 9.89. The number of hydrogen-bond acceptors (Lipinski definition) is 15. The van der Waals surface area contributed by atoms with E-state index in [4.69, 9.17) is 10.5 Å². The minimum Gasteiger partial charge on any atom is -0.469 e. The fraction of sp³-hybridized carbons (Fsp3) is 0.523. The molecule has 4 fully saturated rings. The molecule has 3 aromatic rings. The smallest absolute Gasteiger partial charge is 0.313 e. The number of esters is 1. The van der Waals surface area contributed by atoms with Gasteiger partial charge in [0.1, 0.15) is 6.04 Å². The Labute approximate surface area is 360 Å². The van der Waals surface area contributed by atoms with E-state index in [-0.39, 0.29) is 36.2 Å². The van der Waals surface area contributed by atoms with Gasteiger partial charge < -0.3 is 35.4 Å². The van der Waals surface area contributed by atoms with Gasteiger partial charge in [0.2, 0.25) is 11.9 Å². The van der Waals surface area contributed by atoms with Crippen molar-refractivity contribution >= 4 is 58.6 Å². The largest absolute Gasteiger partial charge is 0.469 e. The highest BCUT2D eigenvalue weighted by Crippen LogP contribution is 2.35. The minimum absolute atomic E-state index is 0.00291. The van der Waals surface area contributed by atoms with Crippen molar-refractivity contribution in [2.75, 3.05) is 94.7 Å². The standard InChI is InChI=1S/C44H55N11O7/c1-44(2,42(61)62-4)26-54-35(56)12-11-34(41(54)60)55-39(58)32-10-9-31(23-33(32)40(55)59)53-18-13-27(25-53)24-51-16-14-29(15-17-51)28-5-7-30(8-6-28)46-38-36(37(45)57)48-49-43(47-38)52-21-19-50(3)20-22-52/h5-10,23,27,29,34H,11-22,24-26H2,1-4H3,(H2,45,57)(H,46,47,49). The summed E-state index contributed by atoms with van der Waals surface area (Å²) in [6.45, 7) is 10.8. The summed E-state index contributed by atoms with van der Waals surface area (Å²) in [5.41, 5.74) is 7.85. The lowest BCUT2D eigenvalue weighted by molar-refractivity contribution is -0.159. The number of carbonyl (C=O) groups excluding carboxylic acids is 6. The number of carbonyl (C=O) groups is 6. The summed E-state index contributed by atoms with van der Waals surface area (Å²) in [5.74, 6) is -1.87. The first-order chi connectivity index (χ1) is 29.7. The predicted molar refractivity (Wildman–Crippen MR) is 229 cm³/mol. The third-order valence-electron chi connectivity index (χ3n) is 13.1. The fourth-order valence-electron chi connectivity index (χ4n) is 9.41. The molecule has 18 nitrogen and oxygen atoms in total. The molecule has 6 heterocycles. The van der Waals surface area contributed by atoms with E-state index in [1.807, 2.05) is 18.2 Å². The van der Waals surface area contributed by atoms with Crippen molar-refractivity contribution in [3.63, 3.8) is 0 Å². The molecule has 0 spiro atoms. The first-order valence-corrected chi connectivity index (χ1v) is 21.5. The normalized spacial score (nSPS) is 21.8. The molecule has 2 aromatic carbocycles. The van der Waals surface area contributed by atoms with Crippen LogP contribution in [-0.4, -0.2) is 156 Å². The summed E-state index contributed by atoms with van der Waals surface area (Å²) in [5, 5.41) is 11.5. The molecule has 18 heteroatoms. The van der Waals surface area contributed by atoms with Gasteiger partial charge in [0.25, 0.3) is 23.6 Å². The molecule has 2 unspecified atom stereocenters. The lowest BCUT2D eigenvalue weighted by Gasteiger charge is -2.37. The molecule has 328 valence electrons. The Morgan fingerprint density at radius 3 is 2.26 bits per heavy atom. The molecular formula is C44H55N11O7. The van der Waals surface area contributed by atoms with Crippen molar-refractivity contribution in [1.29, 1.82) is 0 Å². The van der Waals surface area contributed by atoms with Crippen molar-refractivity contribution in [1.82, 2.24) is 34.8 Å². The van der Waals surface area contributed by atoms with Gasteiger partial charge >= 0.3 is 5.97 Å². The maximum absolute atomic E-state index is 13.8. The molecule has 8 rings (SSSR count). The third kappa shape index (κ3) is 8.57. The van der Waals surface area contributed by atoms with E-state index in [9.17, 15) is 28.8 Å². The fourth-order valence-corrected chi connectivity index (χ4v) is 9.41. The van der Waals surface area contributed by atoms with Gasteiger partial charge in [-0.15, -0.1) is 10.2 Å². The first kappa shape index (κ1) is 42.7. The summed E-state index contributed by atoms with van der Waals surface area (Å²) < 4.78 is 4.86. The number of imide groups is 2. The van der Waals surface area contributed by atoms with E-state index in [1.165, 1.54) is 12.7 Å². The number of likely N-dealkylation sites (N-methyl/N-ethyl adjacent to an activating group) is 1.